The van der Waals surface area contributed by atoms with E-state index in [4.69, 9.17) is 0 Å². The summed E-state index contributed by atoms with van der Waals surface area (Å²) < 4.78 is 0. The monoisotopic (exact) mass is 397 g/mol. The summed E-state index contributed by atoms with van der Waals surface area (Å²) >= 11 is 4.24. The SMILES string of the molecule is CC(O)C1CCN(C)CC1.II. The first-order valence-electron chi connectivity index (χ1n) is 4.21. The van der Waals surface area contributed by atoms with Crippen LogP contribution in [0.5, 0.6) is 0 Å². The van der Waals surface area contributed by atoms with Crippen molar-refractivity contribution in [3.05, 3.63) is 0 Å². The quantitative estimate of drug-likeness (QED) is 0.688. The Balaban J connectivity index is 0.000000561. The molecule has 74 valence electrons. The second-order valence-electron chi connectivity index (χ2n) is 3.38. The third kappa shape index (κ3) is 5.18. The molecule has 1 fully saturated rings. The minimum atomic E-state index is -0.103. The number of likely N-dealkylation sites (tertiary alicyclic amines) is 1. The van der Waals surface area contributed by atoms with Crippen molar-refractivity contribution in [1.82, 2.24) is 4.90 Å². The van der Waals surface area contributed by atoms with Gasteiger partial charge >= 0.3 is 0 Å². The highest BCUT2D eigenvalue weighted by atomic mass is 128. The Hall–Kier alpha value is 1.38. The Morgan fingerprint density at radius 1 is 1.33 bits per heavy atom. The predicted octanol–water partition coefficient (Wildman–Crippen LogP) is 2.48. The number of hydrogen-bond donors (Lipinski definition) is 1. The molecule has 0 aromatic heterocycles. The maximum atomic E-state index is 9.24. The van der Waals surface area contributed by atoms with Crippen LogP contribution in [0, 0.1) is 5.92 Å². The van der Waals surface area contributed by atoms with Gasteiger partial charge in [-0.3, -0.25) is 0 Å². The van der Waals surface area contributed by atoms with E-state index in [0.29, 0.717) is 5.92 Å². The summed E-state index contributed by atoms with van der Waals surface area (Å²) in [5.41, 5.74) is 0. The largest absolute Gasteiger partial charge is 0.393 e. The van der Waals surface area contributed by atoms with Crippen LogP contribution in [0.15, 0.2) is 0 Å². The standard InChI is InChI=1S/C8H17NO.I2/c1-7(10)8-3-5-9(2)6-4-8;1-2/h7-8,10H,3-6H2,1-2H3;. The Kier molecular flexibility index (Phi) is 8.64. The van der Waals surface area contributed by atoms with Crippen LogP contribution >= 0.6 is 37.2 Å². The van der Waals surface area contributed by atoms with Gasteiger partial charge in [-0.1, -0.05) is 0 Å². The Morgan fingerprint density at radius 3 is 2.08 bits per heavy atom. The Morgan fingerprint density at radius 2 is 1.75 bits per heavy atom. The van der Waals surface area contributed by atoms with Gasteiger partial charge in [0.1, 0.15) is 0 Å². The van der Waals surface area contributed by atoms with Gasteiger partial charge in [-0.15, -0.1) is 0 Å². The van der Waals surface area contributed by atoms with Crippen LogP contribution in [-0.2, 0) is 0 Å². The molecule has 1 heterocycles. The van der Waals surface area contributed by atoms with E-state index < -0.39 is 0 Å². The molecular weight excluding hydrogens is 380 g/mol. The molecule has 1 saturated heterocycles. The molecule has 0 saturated carbocycles. The Labute approximate surface area is 98.4 Å². The normalized spacial score (nSPS) is 22.8. The molecule has 12 heavy (non-hydrogen) atoms. The van der Waals surface area contributed by atoms with Gasteiger partial charge in [-0.2, -0.15) is 0 Å². The number of piperidine rings is 1. The summed E-state index contributed by atoms with van der Waals surface area (Å²) in [4.78, 5) is 2.32. The molecule has 0 radical (unpaired) electrons. The number of rotatable bonds is 1. The van der Waals surface area contributed by atoms with Crippen LogP contribution < -0.4 is 0 Å². The van der Waals surface area contributed by atoms with Gasteiger partial charge in [0.05, 0.1) is 6.10 Å². The van der Waals surface area contributed by atoms with Crippen LogP contribution in [0.4, 0.5) is 0 Å². The van der Waals surface area contributed by atoms with Crippen molar-refractivity contribution in [3.8, 4) is 0 Å². The summed E-state index contributed by atoms with van der Waals surface area (Å²) in [7, 11) is 2.14. The topological polar surface area (TPSA) is 23.5 Å². The fourth-order valence-corrected chi connectivity index (χ4v) is 1.51. The molecular formula is C8H17I2NO. The first-order chi connectivity index (χ1) is 5.70. The summed E-state index contributed by atoms with van der Waals surface area (Å²) in [5, 5.41) is 9.24. The van der Waals surface area contributed by atoms with Crippen molar-refractivity contribution in [2.75, 3.05) is 20.1 Å². The molecule has 0 bridgehead atoms. The summed E-state index contributed by atoms with van der Waals surface area (Å²) in [6.07, 6.45) is 2.22. The number of aliphatic hydroxyl groups excluding tert-OH is 1. The van der Waals surface area contributed by atoms with E-state index in [-0.39, 0.29) is 6.10 Å². The van der Waals surface area contributed by atoms with Gasteiger partial charge in [0.15, 0.2) is 0 Å². The molecule has 1 atom stereocenters. The molecule has 4 heteroatoms. The second kappa shape index (κ2) is 7.75. The third-order valence-corrected chi connectivity index (χ3v) is 2.45. The lowest BCUT2D eigenvalue weighted by atomic mass is 9.93. The fourth-order valence-electron chi connectivity index (χ4n) is 1.51. The average molecular weight is 397 g/mol. The molecule has 2 nitrogen and oxygen atoms in total. The minimum absolute atomic E-state index is 0.103. The zero-order chi connectivity index (χ0) is 9.56. The van der Waals surface area contributed by atoms with Gasteiger partial charge < -0.3 is 10.0 Å². The molecule has 0 aromatic rings. The Bertz CT molecular complexity index is 103. The number of nitrogens with zero attached hydrogens (tertiary/aromatic N) is 1. The second-order valence-corrected chi connectivity index (χ2v) is 3.38. The first-order valence-corrected chi connectivity index (χ1v) is 10.5. The van der Waals surface area contributed by atoms with Gasteiger partial charge in [0.2, 0.25) is 0 Å². The van der Waals surface area contributed by atoms with E-state index in [2.05, 4.69) is 49.2 Å². The van der Waals surface area contributed by atoms with Gasteiger partial charge in [0, 0.05) is 37.2 Å². The zero-order valence-electron chi connectivity index (χ0n) is 7.63. The molecule has 1 aliphatic heterocycles. The molecule has 0 aliphatic carbocycles. The van der Waals surface area contributed by atoms with Crippen LogP contribution in [0.3, 0.4) is 0 Å². The smallest absolute Gasteiger partial charge is 0.0541 e. The van der Waals surface area contributed by atoms with E-state index in [0.717, 1.165) is 25.9 Å². The number of aliphatic hydroxyl groups is 1. The lowest BCUT2D eigenvalue weighted by Crippen LogP contribution is -2.34. The van der Waals surface area contributed by atoms with Crippen molar-refractivity contribution in [2.24, 2.45) is 5.92 Å². The van der Waals surface area contributed by atoms with Crippen LogP contribution in [0.2, 0.25) is 0 Å². The lowest BCUT2D eigenvalue weighted by molar-refractivity contribution is 0.0798. The van der Waals surface area contributed by atoms with Crippen molar-refractivity contribution in [3.63, 3.8) is 0 Å². The molecule has 0 amide bonds. The van der Waals surface area contributed by atoms with E-state index in [1.54, 1.807) is 0 Å². The third-order valence-electron chi connectivity index (χ3n) is 2.45. The van der Waals surface area contributed by atoms with Gasteiger partial charge in [-0.25, -0.2) is 0 Å². The highest BCUT2D eigenvalue weighted by molar-refractivity contribution is 15.0. The van der Waals surface area contributed by atoms with E-state index in [1.807, 2.05) is 6.92 Å². The van der Waals surface area contributed by atoms with Crippen molar-refractivity contribution in [2.45, 2.75) is 25.9 Å². The zero-order valence-corrected chi connectivity index (χ0v) is 11.9. The summed E-state index contributed by atoms with van der Waals surface area (Å²) in [6, 6.07) is 0. The van der Waals surface area contributed by atoms with Gasteiger partial charge in [0.25, 0.3) is 0 Å². The fraction of sp³-hybridized carbons (Fsp3) is 1.00. The van der Waals surface area contributed by atoms with E-state index >= 15 is 0 Å². The molecule has 1 unspecified atom stereocenters. The van der Waals surface area contributed by atoms with E-state index in [1.165, 1.54) is 0 Å². The molecule has 0 aromatic carbocycles. The molecule has 1 N–H and O–H groups in total. The highest BCUT2D eigenvalue weighted by Gasteiger charge is 2.19. The van der Waals surface area contributed by atoms with Gasteiger partial charge in [-0.05, 0) is 45.8 Å². The molecule has 1 rings (SSSR count). The number of hydrogen-bond acceptors (Lipinski definition) is 2. The maximum Gasteiger partial charge on any atom is 0.0541 e. The highest BCUT2D eigenvalue weighted by Crippen LogP contribution is 2.18. The van der Waals surface area contributed by atoms with Crippen molar-refractivity contribution >= 4 is 37.2 Å². The van der Waals surface area contributed by atoms with Crippen molar-refractivity contribution in [1.29, 1.82) is 0 Å². The maximum absolute atomic E-state index is 9.24. The summed E-state index contributed by atoms with van der Waals surface area (Å²) in [5.74, 6) is 0.552. The van der Waals surface area contributed by atoms with Crippen LogP contribution in [0.1, 0.15) is 19.8 Å². The first kappa shape index (κ1) is 13.4. The minimum Gasteiger partial charge on any atom is -0.393 e. The van der Waals surface area contributed by atoms with Crippen LogP contribution in [-0.4, -0.2) is 36.2 Å². The lowest BCUT2D eigenvalue weighted by Gasteiger charge is -2.30. The predicted molar refractivity (Wildman–Crippen MR) is 69.9 cm³/mol. The molecule has 1 aliphatic rings. The average Bonchev–Trinajstić information content (AvgIpc) is 2.09. The van der Waals surface area contributed by atoms with Crippen LogP contribution in [0.25, 0.3) is 0 Å². The van der Waals surface area contributed by atoms with Crippen molar-refractivity contribution < 1.29 is 5.11 Å². The summed E-state index contributed by atoms with van der Waals surface area (Å²) in [6.45, 7) is 4.20. The molecule has 0 spiro atoms. The van der Waals surface area contributed by atoms with E-state index in [9.17, 15) is 5.11 Å². The number of halogens is 2.